The number of esters is 1. The molecule has 2 unspecified atom stereocenters. The highest BCUT2D eigenvalue weighted by atomic mass is 32.2. The number of fused-ring (bicyclic) bond motifs is 1. The molecule has 0 saturated carbocycles. The largest absolute Gasteiger partial charge is 0.463 e. The Hall–Kier alpha value is -1.01. The molecule has 0 aliphatic carbocycles. The molecule has 0 aromatic rings. The van der Waals surface area contributed by atoms with Crippen LogP contribution in [0.15, 0.2) is 17.1 Å². The normalized spacial score (nSPS) is 32.4. The van der Waals surface area contributed by atoms with Crippen LogP contribution < -0.4 is 5.32 Å². The molecule has 0 aromatic carbocycles. The van der Waals surface area contributed by atoms with Crippen molar-refractivity contribution >= 4 is 22.9 Å². The van der Waals surface area contributed by atoms with E-state index < -0.39 is 5.54 Å². The highest BCUT2D eigenvalue weighted by molar-refractivity contribution is 8.14. The van der Waals surface area contributed by atoms with E-state index in [0.717, 1.165) is 5.17 Å². The molecule has 0 spiro atoms. The zero-order valence-corrected chi connectivity index (χ0v) is 11.6. The zero-order chi connectivity index (χ0) is 13.2. The van der Waals surface area contributed by atoms with Crippen LogP contribution >= 0.6 is 11.8 Å². The summed E-state index contributed by atoms with van der Waals surface area (Å²) in [4.78, 5) is 15.5. The molecule has 2 aliphatic rings. The molecule has 0 bridgehead atoms. The fraction of sp³-hybridized carbons (Fsp3) is 0.667. The summed E-state index contributed by atoms with van der Waals surface area (Å²) in [6.45, 7) is 6.29. The molecule has 18 heavy (non-hydrogen) atoms. The minimum Gasteiger partial charge on any atom is -0.463 e. The average Bonchev–Trinajstić information content (AvgIpc) is 2.63. The van der Waals surface area contributed by atoms with Gasteiger partial charge in [0.05, 0.1) is 6.61 Å². The predicted octanol–water partition coefficient (Wildman–Crippen LogP) is 1.30. The molecule has 2 atom stereocenters. The second kappa shape index (κ2) is 5.32. The van der Waals surface area contributed by atoms with Gasteiger partial charge in [-0.3, -0.25) is 9.79 Å². The number of nitrogens with one attached hydrogen (secondary N) is 1. The van der Waals surface area contributed by atoms with Crippen molar-refractivity contribution in [3.8, 4) is 0 Å². The molecule has 2 rings (SSSR count). The van der Waals surface area contributed by atoms with E-state index in [1.54, 1.807) is 11.8 Å². The maximum Gasteiger partial charge on any atom is 0.302 e. The first-order valence-corrected chi connectivity index (χ1v) is 6.85. The second-order valence-electron chi connectivity index (χ2n) is 4.66. The van der Waals surface area contributed by atoms with Crippen molar-refractivity contribution in [1.29, 1.82) is 0 Å². The summed E-state index contributed by atoms with van der Waals surface area (Å²) in [5, 5.41) is 4.16. The number of hydrogen-bond donors (Lipinski definition) is 1. The van der Waals surface area contributed by atoms with E-state index in [0.29, 0.717) is 6.61 Å². The highest BCUT2D eigenvalue weighted by Crippen LogP contribution is 2.36. The van der Waals surface area contributed by atoms with Crippen molar-refractivity contribution in [1.82, 2.24) is 5.32 Å². The first-order valence-electron chi connectivity index (χ1n) is 5.97. The van der Waals surface area contributed by atoms with Crippen molar-refractivity contribution in [2.75, 3.05) is 13.2 Å². The molecule has 0 aromatic heterocycles. The molecular formula is C12H18N2O3S. The topological polar surface area (TPSA) is 59.9 Å². The lowest BCUT2D eigenvalue weighted by Gasteiger charge is -2.33. The van der Waals surface area contributed by atoms with E-state index in [9.17, 15) is 4.79 Å². The van der Waals surface area contributed by atoms with Gasteiger partial charge in [0.2, 0.25) is 0 Å². The van der Waals surface area contributed by atoms with Gasteiger partial charge < -0.3 is 14.8 Å². The summed E-state index contributed by atoms with van der Waals surface area (Å²) in [5.41, 5.74) is -0.582. The third kappa shape index (κ3) is 2.87. The lowest BCUT2D eigenvalue weighted by atomic mass is 10.00. The highest BCUT2D eigenvalue weighted by Gasteiger charge is 2.48. The molecule has 100 valence electrons. The maximum atomic E-state index is 11.0. The third-order valence-electron chi connectivity index (χ3n) is 2.63. The minimum absolute atomic E-state index is 0.0978. The monoisotopic (exact) mass is 270 g/mol. The Bertz CT molecular complexity index is 395. The molecule has 1 fully saturated rings. The lowest BCUT2D eigenvalue weighted by Crippen LogP contribution is -2.53. The number of aliphatic imine (C=N–C) groups is 1. The summed E-state index contributed by atoms with van der Waals surface area (Å²) >= 11 is 1.55. The van der Waals surface area contributed by atoms with Crippen LogP contribution in [0.4, 0.5) is 0 Å². The van der Waals surface area contributed by atoms with Crippen molar-refractivity contribution in [2.24, 2.45) is 4.99 Å². The second-order valence-corrected chi connectivity index (χ2v) is 5.71. The standard InChI is InChI=1S/C12H18N2O3S/c1-8(2)13-11-14-12(7-17-9(3)15)5-4-6-16-10(12)18-11/h4-5,8,10H,6-7H2,1-3H3,(H,13,14). The van der Waals surface area contributed by atoms with Crippen LogP contribution in [-0.2, 0) is 14.3 Å². The molecule has 0 radical (unpaired) electrons. The van der Waals surface area contributed by atoms with Crippen LogP contribution in [0.25, 0.3) is 0 Å². The number of hydrogen-bond acceptors (Lipinski definition) is 5. The molecule has 6 heteroatoms. The fourth-order valence-corrected chi connectivity index (χ4v) is 3.15. The summed E-state index contributed by atoms with van der Waals surface area (Å²) in [6, 6.07) is 0.218. The Labute approximate surface area is 111 Å². The number of ether oxygens (including phenoxy) is 2. The number of carbonyl (C=O) groups is 1. The molecule has 2 heterocycles. The van der Waals surface area contributed by atoms with Crippen LogP contribution in [0.1, 0.15) is 20.8 Å². The van der Waals surface area contributed by atoms with Crippen molar-refractivity contribution in [3.63, 3.8) is 0 Å². The summed E-state index contributed by atoms with van der Waals surface area (Å²) in [7, 11) is 0. The maximum absolute atomic E-state index is 11.0. The van der Waals surface area contributed by atoms with E-state index in [-0.39, 0.29) is 24.1 Å². The average molecular weight is 270 g/mol. The summed E-state index contributed by atoms with van der Waals surface area (Å²) in [6.07, 6.45) is 3.95. The van der Waals surface area contributed by atoms with Gasteiger partial charge in [-0.05, 0) is 13.8 Å². The minimum atomic E-state index is -0.484. The molecular weight excluding hydrogens is 252 g/mol. The van der Waals surface area contributed by atoms with E-state index in [2.05, 4.69) is 10.3 Å². The first-order chi connectivity index (χ1) is 8.52. The summed E-state index contributed by atoms with van der Waals surface area (Å²) in [5.74, 6) is -0.289. The smallest absolute Gasteiger partial charge is 0.302 e. The molecule has 5 nitrogen and oxygen atoms in total. The first kappa shape index (κ1) is 13.4. The molecule has 1 saturated heterocycles. The molecule has 2 aliphatic heterocycles. The summed E-state index contributed by atoms with van der Waals surface area (Å²) < 4.78 is 10.8. The van der Waals surface area contributed by atoms with E-state index >= 15 is 0 Å². The van der Waals surface area contributed by atoms with Gasteiger partial charge in [0.25, 0.3) is 0 Å². The van der Waals surface area contributed by atoms with Gasteiger partial charge in [0.15, 0.2) is 5.17 Å². The Morgan fingerprint density at radius 1 is 1.78 bits per heavy atom. The van der Waals surface area contributed by atoms with Gasteiger partial charge >= 0.3 is 5.97 Å². The van der Waals surface area contributed by atoms with Crippen LogP contribution in [0.3, 0.4) is 0 Å². The van der Waals surface area contributed by atoms with Gasteiger partial charge in [-0.2, -0.15) is 0 Å². The Morgan fingerprint density at radius 2 is 2.56 bits per heavy atom. The number of nitrogens with zero attached hydrogens (tertiary/aromatic N) is 1. The number of carbonyl (C=O) groups excluding carboxylic acids is 1. The number of amidine groups is 1. The van der Waals surface area contributed by atoms with Crippen LogP contribution in [-0.4, -0.2) is 41.4 Å². The van der Waals surface area contributed by atoms with Gasteiger partial charge in [-0.1, -0.05) is 23.9 Å². The fourth-order valence-electron chi connectivity index (χ4n) is 1.87. The van der Waals surface area contributed by atoms with Crippen LogP contribution in [0.5, 0.6) is 0 Å². The van der Waals surface area contributed by atoms with Crippen LogP contribution in [0, 0.1) is 0 Å². The zero-order valence-electron chi connectivity index (χ0n) is 10.8. The SMILES string of the molecule is CC(=O)OCC12C=CCOC1SC(=NC(C)C)N2. The number of rotatable bonds is 3. The van der Waals surface area contributed by atoms with Gasteiger partial charge in [0.1, 0.15) is 17.6 Å². The molecule has 0 amide bonds. The van der Waals surface area contributed by atoms with Crippen molar-refractivity contribution < 1.29 is 14.3 Å². The quantitative estimate of drug-likeness (QED) is 0.619. The number of thioether (sulfide) groups is 1. The van der Waals surface area contributed by atoms with E-state index in [1.807, 2.05) is 26.0 Å². The van der Waals surface area contributed by atoms with Crippen molar-refractivity contribution in [2.45, 2.75) is 37.8 Å². The predicted molar refractivity (Wildman–Crippen MR) is 71.5 cm³/mol. The van der Waals surface area contributed by atoms with E-state index in [4.69, 9.17) is 9.47 Å². The van der Waals surface area contributed by atoms with Crippen LogP contribution in [0.2, 0.25) is 0 Å². The third-order valence-corrected chi connectivity index (χ3v) is 3.83. The van der Waals surface area contributed by atoms with Gasteiger partial charge in [0, 0.05) is 13.0 Å². The Kier molecular flexibility index (Phi) is 3.97. The molecule has 1 N–H and O–H groups in total. The van der Waals surface area contributed by atoms with E-state index in [1.165, 1.54) is 6.92 Å². The Morgan fingerprint density at radius 3 is 3.22 bits per heavy atom. The Balaban J connectivity index is 2.15. The lowest BCUT2D eigenvalue weighted by molar-refractivity contribution is -0.143. The van der Waals surface area contributed by atoms with Gasteiger partial charge in [-0.15, -0.1) is 0 Å². The van der Waals surface area contributed by atoms with Gasteiger partial charge in [-0.25, -0.2) is 0 Å². The van der Waals surface area contributed by atoms with Crippen molar-refractivity contribution in [3.05, 3.63) is 12.2 Å².